The number of nitrogens with two attached hydrogens (primary N) is 1. The van der Waals surface area contributed by atoms with E-state index in [4.69, 9.17) is 5.73 Å². The molecule has 0 saturated carbocycles. The highest BCUT2D eigenvalue weighted by Crippen LogP contribution is 2.21. The van der Waals surface area contributed by atoms with Gasteiger partial charge in [-0.3, -0.25) is 19.2 Å². The number of aromatic amines is 2. The molecule has 14 heteroatoms. The molecule has 4 rings (SSSR count). The van der Waals surface area contributed by atoms with Crippen LogP contribution in [0.4, 0.5) is 0 Å². The maximum Gasteiger partial charge on any atom is 0.328 e. The third-order valence-electron chi connectivity index (χ3n) is 7.51. The Morgan fingerprint density at radius 3 is 1.80 bits per heavy atom. The molecule has 45 heavy (non-hydrogen) atoms. The number of carboxylic acids is 2. The number of aromatic nitrogens is 2. The summed E-state index contributed by atoms with van der Waals surface area (Å²) in [5.41, 5.74) is 9.45. The first-order valence-corrected chi connectivity index (χ1v) is 14.3. The standard InChI is InChI=1S/C31H36N6O8/c1-16(38)27(31(44)45)37-29(42)24(10-11-26(39)40)35-30(43)25(13-18-15-34-23-9-5-3-7-20(18)23)36-28(41)21(32)12-17-14-33-22-8-4-2-6-19(17)22/h2-9,14-16,21,24-25,27,33-34,38H,10-13,32H2,1H3,(H,35,43)(H,36,41)(H,37,42)(H,39,40)(H,44,45). The van der Waals surface area contributed by atoms with Gasteiger partial charge in [-0.05, 0) is 43.0 Å². The van der Waals surface area contributed by atoms with Crippen LogP contribution < -0.4 is 21.7 Å². The van der Waals surface area contributed by atoms with Crippen LogP contribution in [-0.4, -0.2) is 85.2 Å². The zero-order valence-corrected chi connectivity index (χ0v) is 24.4. The number of H-pyrrole nitrogens is 2. The van der Waals surface area contributed by atoms with Crippen LogP contribution in [0.15, 0.2) is 60.9 Å². The average Bonchev–Trinajstić information content (AvgIpc) is 3.60. The van der Waals surface area contributed by atoms with Crippen molar-refractivity contribution in [2.75, 3.05) is 0 Å². The van der Waals surface area contributed by atoms with E-state index in [0.29, 0.717) is 5.56 Å². The maximum absolute atomic E-state index is 13.7. The number of amides is 3. The number of para-hydroxylation sites is 2. The minimum Gasteiger partial charge on any atom is -0.481 e. The molecule has 0 aliphatic rings. The maximum atomic E-state index is 13.7. The molecule has 5 atom stereocenters. The summed E-state index contributed by atoms with van der Waals surface area (Å²) in [6.45, 7) is 1.16. The Kier molecular flexibility index (Phi) is 10.5. The third-order valence-corrected chi connectivity index (χ3v) is 7.51. The molecule has 0 fully saturated rings. The SMILES string of the molecule is CC(O)C(NC(=O)C(CCC(=O)O)NC(=O)C(Cc1c[nH]c2ccccc12)NC(=O)C(N)Cc1c[nH]c2ccccc12)C(=O)O. The highest BCUT2D eigenvalue weighted by Gasteiger charge is 2.32. The largest absolute Gasteiger partial charge is 0.481 e. The second kappa shape index (κ2) is 14.5. The Hall–Kier alpha value is -5.21. The van der Waals surface area contributed by atoms with Gasteiger partial charge >= 0.3 is 11.9 Å². The summed E-state index contributed by atoms with van der Waals surface area (Å²) < 4.78 is 0. The zero-order chi connectivity index (χ0) is 32.7. The molecule has 0 saturated heterocycles. The molecule has 14 nitrogen and oxygen atoms in total. The summed E-state index contributed by atoms with van der Waals surface area (Å²) in [5, 5.41) is 37.4. The van der Waals surface area contributed by atoms with Crippen LogP contribution in [0.2, 0.25) is 0 Å². The number of carbonyl (C=O) groups is 5. The molecule has 0 spiro atoms. The molecular weight excluding hydrogens is 584 g/mol. The van der Waals surface area contributed by atoms with Crippen LogP contribution in [0.1, 0.15) is 30.9 Å². The molecule has 0 radical (unpaired) electrons. The van der Waals surface area contributed by atoms with Gasteiger partial charge in [0.05, 0.1) is 12.1 Å². The number of carboxylic acid groups (broad SMARTS) is 2. The highest BCUT2D eigenvalue weighted by atomic mass is 16.4. The summed E-state index contributed by atoms with van der Waals surface area (Å²) in [7, 11) is 0. The number of nitrogens with one attached hydrogen (secondary N) is 5. The molecule has 10 N–H and O–H groups in total. The number of aliphatic carboxylic acids is 2. The summed E-state index contributed by atoms with van der Waals surface area (Å²) in [6.07, 6.45) is 1.22. The monoisotopic (exact) mass is 620 g/mol. The molecule has 2 aromatic carbocycles. The topological polar surface area (TPSA) is 240 Å². The van der Waals surface area contributed by atoms with E-state index in [1.165, 1.54) is 0 Å². The van der Waals surface area contributed by atoms with Crippen molar-refractivity contribution in [1.29, 1.82) is 0 Å². The van der Waals surface area contributed by atoms with Crippen LogP contribution in [0, 0.1) is 0 Å². The van der Waals surface area contributed by atoms with E-state index < -0.39 is 66.4 Å². The Morgan fingerprint density at radius 1 is 0.756 bits per heavy atom. The van der Waals surface area contributed by atoms with Crippen LogP contribution in [0.3, 0.4) is 0 Å². The lowest BCUT2D eigenvalue weighted by molar-refractivity contribution is -0.145. The van der Waals surface area contributed by atoms with Crippen molar-refractivity contribution in [1.82, 2.24) is 25.9 Å². The van der Waals surface area contributed by atoms with E-state index in [-0.39, 0.29) is 19.3 Å². The van der Waals surface area contributed by atoms with Crippen molar-refractivity contribution >= 4 is 51.5 Å². The number of rotatable bonds is 15. The predicted octanol–water partition coefficient (Wildman–Crippen LogP) is 0.546. The molecular formula is C31H36N6O8. The van der Waals surface area contributed by atoms with Crippen molar-refractivity contribution in [3.63, 3.8) is 0 Å². The van der Waals surface area contributed by atoms with E-state index in [2.05, 4.69) is 25.9 Å². The number of hydrogen-bond acceptors (Lipinski definition) is 7. The van der Waals surface area contributed by atoms with Crippen molar-refractivity contribution in [3.05, 3.63) is 72.1 Å². The number of fused-ring (bicyclic) bond motifs is 2. The molecule has 0 aliphatic heterocycles. The number of aliphatic hydroxyl groups is 1. The smallest absolute Gasteiger partial charge is 0.328 e. The summed E-state index contributed by atoms with van der Waals surface area (Å²) in [4.78, 5) is 69.2. The summed E-state index contributed by atoms with van der Waals surface area (Å²) in [6, 6.07) is 9.37. The van der Waals surface area contributed by atoms with Crippen LogP contribution in [-0.2, 0) is 36.8 Å². The number of aliphatic hydroxyl groups excluding tert-OH is 1. The van der Waals surface area contributed by atoms with Gasteiger partial charge in [0, 0.05) is 47.0 Å². The molecule has 238 valence electrons. The normalized spacial score (nSPS) is 14.6. The first-order valence-electron chi connectivity index (χ1n) is 14.3. The Labute approximate surface area is 257 Å². The highest BCUT2D eigenvalue weighted by molar-refractivity contribution is 5.95. The second-order valence-electron chi connectivity index (χ2n) is 10.9. The van der Waals surface area contributed by atoms with E-state index in [1.807, 2.05) is 48.5 Å². The summed E-state index contributed by atoms with van der Waals surface area (Å²) in [5.74, 6) is -5.23. The van der Waals surface area contributed by atoms with Gasteiger partial charge in [0.15, 0.2) is 6.04 Å². The Balaban J connectivity index is 1.57. The van der Waals surface area contributed by atoms with E-state index in [1.54, 1.807) is 12.4 Å². The van der Waals surface area contributed by atoms with Crippen molar-refractivity contribution in [2.45, 2.75) is 62.9 Å². The third kappa shape index (κ3) is 8.25. The van der Waals surface area contributed by atoms with Gasteiger partial charge in [0.1, 0.15) is 12.1 Å². The van der Waals surface area contributed by atoms with Crippen molar-refractivity contribution < 1.29 is 39.3 Å². The van der Waals surface area contributed by atoms with Gasteiger partial charge in [-0.15, -0.1) is 0 Å². The van der Waals surface area contributed by atoms with E-state index in [9.17, 15) is 39.3 Å². The van der Waals surface area contributed by atoms with Crippen LogP contribution in [0.25, 0.3) is 21.8 Å². The lowest BCUT2D eigenvalue weighted by Crippen LogP contribution is -2.58. The molecule has 3 amide bonds. The van der Waals surface area contributed by atoms with Crippen LogP contribution in [0.5, 0.6) is 0 Å². The molecule has 2 heterocycles. The molecule has 4 aromatic rings. The van der Waals surface area contributed by atoms with Gasteiger partial charge in [-0.25, -0.2) is 4.79 Å². The zero-order valence-electron chi connectivity index (χ0n) is 24.4. The first-order chi connectivity index (χ1) is 21.4. The van der Waals surface area contributed by atoms with Gasteiger partial charge in [-0.2, -0.15) is 0 Å². The molecule has 0 bridgehead atoms. The van der Waals surface area contributed by atoms with Crippen molar-refractivity contribution in [2.24, 2.45) is 5.73 Å². The number of hydrogen-bond donors (Lipinski definition) is 9. The molecule has 2 aromatic heterocycles. The minimum atomic E-state index is -1.70. The molecule has 0 aliphatic carbocycles. The second-order valence-corrected chi connectivity index (χ2v) is 10.9. The number of benzene rings is 2. The quantitative estimate of drug-likeness (QED) is 0.0900. The van der Waals surface area contributed by atoms with Gasteiger partial charge in [0.2, 0.25) is 17.7 Å². The Bertz CT molecular complexity index is 1700. The van der Waals surface area contributed by atoms with E-state index in [0.717, 1.165) is 34.3 Å². The van der Waals surface area contributed by atoms with Crippen molar-refractivity contribution in [3.8, 4) is 0 Å². The van der Waals surface area contributed by atoms with Crippen LogP contribution >= 0.6 is 0 Å². The minimum absolute atomic E-state index is 0.0138. The average molecular weight is 621 g/mol. The lowest BCUT2D eigenvalue weighted by Gasteiger charge is -2.25. The molecule has 5 unspecified atom stereocenters. The fourth-order valence-electron chi connectivity index (χ4n) is 5.09. The predicted molar refractivity (Wildman–Crippen MR) is 164 cm³/mol. The van der Waals surface area contributed by atoms with Gasteiger partial charge < -0.3 is 47.0 Å². The van der Waals surface area contributed by atoms with Gasteiger partial charge in [-0.1, -0.05) is 36.4 Å². The van der Waals surface area contributed by atoms with Gasteiger partial charge in [0.25, 0.3) is 0 Å². The number of carbonyl (C=O) groups excluding carboxylic acids is 3. The first kappa shape index (κ1) is 32.7. The Morgan fingerprint density at radius 2 is 1.27 bits per heavy atom. The fourth-order valence-corrected chi connectivity index (χ4v) is 5.09. The lowest BCUT2D eigenvalue weighted by atomic mass is 10.0. The summed E-state index contributed by atoms with van der Waals surface area (Å²) >= 11 is 0. The van der Waals surface area contributed by atoms with E-state index >= 15 is 0 Å². The fraction of sp³-hybridized carbons (Fsp3) is 0.323.